The number of amides is 2. The number of hydrogen-bond donors (Lipinski definition) is 2. The molecule has 3 fully saturated rings. The molecule has 10 heteroatoms. The molecule has 0 spiro atoms. The lowest BCUT2D eigenvalue weighted by Gasteiger charge is -2.34. The molecule has 3 heterocycles. The van der Waals surface area contributed by atoms with Gasteiger partial charge in [-0.3, -0.25) is 9.59 Å². The van der Waals surface area contributed by atoms with Crippen LogP contribution in [0.5, 0.6) is 0 Å². The topological polar surface area (TPSA) is 126 Å². The Bertz CT molecular complexity index is 1060. The van der Waals surface area contributed by atoms with Crippen LogP contribution < -0.4 is 5.32 Å². The van der Waals surface area contributed by atoms with Crippen LogP contribution in [0.15, 0.2) is 16.8 Å². The maximum absolute atomic E-state index is 13.8. The molecule has 3 atom stereocenters. The molecular weight excluding hydrogens is 448 g/mol. The third kappa shape index (κ3) is 5.12. The van der Waals surface area contributed by atoms with Crippen molar-refractivity contribution in [3.63, 3.8) is 0 Å². The predicted octanol–water partition coefficient (Wildman–Crippen LogP) is 2.67. The summed E-state index contributed by atoms with van der Waals surface area (Å²) in [5, 5.41) is 25.9. The smallest absolute Gasteiger partial charge is 0.248 e. The SMILES string of the molecule is CC(C)(C)[C@@H](C(=O)N1C[C@H](O)C[C@H]1C(=O)NCc1cc(C2CCCC2)on1)n1cc(C2CC2)nn1. The summed E-state index contributed by atoms with van der Waals surface area (Å²) in [6, 6.07) is 0.531. The predicted molar refractivity (Wildman–Crippen MR) is 126 cm³/mol. The Kier molecular flexibility index (Phi) is 6.41. The van der Waals surface area contributed by atoms with E-state index in [4.69, 9.17) is 4.52 Å². The molecular formula is C25H36N6O4. The molecule has 10 nitrogen and oxygen atoms in total. The number of rotatable bonds is 7. The Morgan fingerprint density at radius 2 is 1.94 bits per heavy atom. The normalized spacial score (nSPS) is 24.2. The van der Waals surface area contributed by atoms with E-state index in [1.807, 2.05) is 33.0 Å². The van der Waals surface area contributed by atoms with Crippen LogP contribution >= 0.6 is 0 Å². The van der Waals surface area contributed by atoms with Crippen molar-refractivity contribution in [2.24, 2.45) is 5.41 Å². The minimum absolute atomic E-state index is 0.115. The van der Waals surface area contributed by atoms with Gasteiger partial charge in [0.25, 0.3) is 0 Å². The number of likely N-dealkylation sites (tertiary alicyclic amines) is 1. The van der Waals surface area contributed by atoms with Crippen LogP contribution in [0.25, 0.3) is 0 Å². The number of hydrogen-bond acceptors (Lipinski definition) is 7. The zero-order valence-corrected chi connectivity index (χ0v) is 20.8. The quantitative estimate of drug-likeness (QED) is 0.619. The maximum Gasteiger partial charge on any atom is 0.248 e. The molecule has 1 saturated heterocycles. The third-order valence-electron chi connectivity index (χ3n) is 7.49. The van der Waals surface area contributed by atoms with E-state index in [1.54, 1.807) is 4.68 Å². The van der Waals surface area contributed by atoms with Gasteiger partial charge in [-0.2, -0.15) is 0 Å². The number of aromatic nitrogens is 4. The summed E-state index contributed by atoms with van der Waals surface area (Å²) in [6.07, 6.45) is 8.14. The summed E-state index contributed by atoms with van der Waals surface area (Å²) in [6.45, 7) is 6.26. The van der Waals surface area contributed by atoms with Crippen LogP contribution in [-0.4, -0.2) is 60.7 Å². The lowest BCUT2D eigenvalue weighted by molar-refractivity contribution is -0.144. The average Bonchev–Trinajstić information content (AvgIpc) is 3.26. The molecule has 1 aliphatic heterocycles. The molecule has 35 heavy (non-hydrogen) atoms. The molecule has 3 aliphatic rings. The van der Waals surface area contributed by atoms with E-state index in [2.05, 4.69) is 20.8 Å². The van der Waals surface area contributed by atoms with Crippen molar-refractivity contribution in [1.82, 2.24) is 30.4 Å². The monoisotopic (exact) mass is 484 g/mol. The second kappa shape index (κ2) is 9.37. The minimum atomic E-state index is -0.755. The van der Waals surface area contributed by atoms with Gasteiger partial charge < -0.3 is 19.8 Å². The molecule has 2 saturated carbocycles. The molecule has 0 radical (unpaired) electrons. The zero-order chi connectivity index (χ0) is 24.7. The van der Waals surface area contributed by atoms with Crippen LogP contribution in [0.1, 0.15) is 101 Å². The maximum atomic E-state index is 13.8. The van der Waals surface area contributed by atoms with Crippen LogP contribution in [0.2, 0.25) is 0 Å². The van der Waals surface area contributed by atoms with Crippen molar-refractivity contribution in [3.05, 3.63) is 29.4 Å². The Morgan fingerprint density at radius 3 is 2.63 bits per heavy atom. The number of β-amino-alcohol motifs (C(OH)–C–C–N with tert-alkyl or cyclic N) is 1. The molecule has 2 aliphatic carbocycles. The van der Waals surface area contributed by atoms with Crippen LogP contribution in [-0.2, 0) is 16.1 Å². The average molecular weight is 485 g/mol. The van der Waals surface area contributed by atoms with E-state index in [0.717, 1.165) is 37.1 Å². The summed E-state index contributed by atoms with van der Waals surface area (Å²) in [5.74, 6) is 1.19. The van der Waals surface area contributed by atoms with Gasteiger partial charge in [-0.25, -0.2) is 4.68 Å². The minimum Gasteiger partial charge on any atom is -0.391 e. The molecule has 2 amide bonds. The van der Waals surface area contributed by atoms with Gasteiger partial charge in [-0.15, -0.1) is 5.10 Å². The van der Waals surface area contributed by atoms with Crippen molar-refractivity contribution in [1.29, 1.82) is 0 Å². The lowest BCUT2D eigenvalue weighted by Crippen LogP contribution is -2.50. The fraction of sp³-hybridized carbons (Fsp3) is 0.720. The van der Waals surface area contributed by atoms with E-state index in [-0.39, 0.29) is 31.3 Å². The van der Waals surface area contributed by atoms with E-state index >= 15 is 0 Å². The van der Waals surface area contributed by atoms with Crippen LogP contribution in [0.3, 0.4) is 0 Å². The summed E-state index contributed by atoms with van der Waals surface area (Å²) in [5.41, 5.74) is 1.11. The molecule has 0 aromatic carbocycles. The summed E-state index contributed by atoms with van der Waals surface area (Å²) < 4.78 is 7.14. The van der Waals surface area contributed by atoms with Crippen LogP contribution in [0.4, 0.5) is 0 Å². The third-order valence-corrected chi connectivity index (χ3v) is 7.49. The number of carbonyl (C=O) groups excluding carboxylic acids is 2. The largest absolute Gasteiger partial charge is 0.391 e. The molecule has 5 rings (SSSR count). The van der Waals surface area contributed by atoms with Gasteiger partial charge in [-0.05, 0) is 31.1 Å². The Balaban J connectivity index is 1.27. The van der Waals surface area contributed by atoms with Gasteiger partial charge in [0.05, 0.1) is 18.3 Å². The van der Waals surface area contributed by atoms with E-state index in [9.17, 15) is 14.7 Å². The molecule has 2 N–H and O–H groups in total. The highest BCUT2D eigenvalue weighted by molar-refractivity contribution is 5.90. The van der Waals surface area contributed by atoms with E-state index in [0.29, 0.717) is 17.5 Å². The summed E-state index contributed by atoms with van der Waals surface area (Å²) >= 11 is 0. The Hall–Kier alpha value is -2.75. The van der Waals surface area contributed by atoms with Gasteiger partial charge in [0.15, 0.2) is 0 Å². The van der Waals surface area contributed by atoms with Gasteiger partial charge in [0.1, 0.15) is 23.5 Å². The van der Waals surface area contributed by atoms with Gasteiger partial charge >= 0.3 is 0 Å². The number of nitrogens with zero attached hydrogens (tertiary/aromatic N) is 5. The lowest BCUT2D eigenvalue weighted by atomic mass is 9.85. The fourth-order valence-electron chi connectivity index (χ4n) is 5.44. The first-order valence-electron chi connectivity index (χ1n) is 12.8. The highest BCUT2D eigenvalue weighted by Crippen LogP contribution is 2.40. The molecule has 0 bridgehead atoms. The van der Waals surface area contributed by atoms with E-state index < -0.39 is 23.6 Å². The molecule has 0 unspecified atom stereocenters. The zero-order valence-electron chi connectivity index (χ0n) is 20.8. The van der Waals surface area contributed by atoms with Crippen molar-refractivity contribution in [2.75, 3.05) is 6.54 Å². The summed E-state index contributed by atoms with van der Waals surface area (Å²) in [4.78, 5) is 28.4. The number of aliphatic hydroxyl groups excluding tert-OH is 1. The first-order chi connectivity index (χ1) is 16.7. The van der Waals surface area contributed by atoms with Gasteiger partial charge in [0.2, 0.25) is 11.8 Å². The van der Waals surface area contributed by atoms with E-state index in [1.165, 1.54) is 17.7 Å². The van der Waals surface area contributed by atoms with Gasteiger partial charge in [-0.1, -0.05) is 44.0 Å². The van der Waals surface area contributed by atoms with Gasteiger partial charge in [0, 0.05) is 37.1 Å². The van der Waals surface area contributed by atoms with Crippen molar-refractivity contribution in [3.8, 4) is 0 Å². The highest BCUT2D eigenvalue weighted by Gasteiger charge is 2.45. The second-order valence-corrected chi connectivity index (χ2v) is 11.5. The molecule has 2 aromatic heterocycles. The second-order valence-electron chi connectivity index (χ2n) is 11.5. The first-order valence-corrected chi connectivity index (χ1v) is 12.8. The number of carbonyl (C=O) groups is 2. The molecule has 2 aromatic rings. The van der Waals surface area contributed by atoms with Crippen molar-refractivity contribution >= 4 is 11.8 Å². The van der Waals surface area contributed by atoms with Crippen molar-refractivity contribution < 1.29 is 19.2 Å². The standard InChI is InChI=1S/C25H36N6O4/c1-25(2,3)22(31-14-19(27-29-31)15-8-9-15)24(34)30-13-18(32)11-20(30)23(33)26-12-17-10-21(35-28-17)16-6-4-5-7-16/h10,14-16,18,20,22,32H,4-9,11-13H2,1-3H3,(H,26,33)/t18-,20+,22-/m1/s1. The van der Waals surface area contributed by atoms with Crippen LogP contribution in [0, 0.1) is 5.41 Å². The Morgan fingerprint density at radius 1 is 1.20 bits per heavy atom. The summed E-state index contributed by atoms with van der Waals surface area (Å²) in [7, 11) is 0. The number of nitrogens with one attached hydrogen (secondary N) is 1. The fourth-order valence-corrected chi connectivity index (χ4v) is 5.44. The first kappa shape index (κ1) is 24.0. The number of aliphatic hydroxyl groups is 1. The van der Waals surface area contributed by atoms with Crippen molar-refractivity contribution in [2.45, 2.75) is 102 Å². The molecule has 190 valence electrons. The Labute approximate surface area is 205 Å². The highest BCUT2D eigenvalue weighted by atomic mass is 16.5.